The van der Waals surface area contributed by atoms with E-state index in [1.54, 1.807) is 6.07 Å². The lowest BCUT2D eigenvalue weighted by atomic mass is 9.78. The van der Waals surface area contributed by atoms with E-state index in [1.165, 1.54) is 0 Å². The van der Waals surface area contributed by atoms with Crippen LogP contribution in [0, 0.1) is 0 Å². The maximum Gasteiger partial charge on any atom is 0.154 e. The monoisotopic (exact) mass is 556 g/mol. The predicted octanol–water partition coefficient (Wildman–Crippen LogP) is 8.86. The largest absolute Gasteiger partial charge is 0.507 e. The summed E-state index contributed by atoms with van der Waals surface area (Å²) in [5.41, 5.74) is 5.21. The molecule has 2 N–H and O–H groups in total. The fourth-order valence-electron chi connectivity index (χ4n) is 5.37. The molecular formula is C36H36N4O2. The number of aromatic nitrogens is 3. The second-order valence-electron chi connectivity index (χ2n) is 12.8. The molecule has 6 rings (SSSR count). The van der Waals surface area contributed by atoms with Crippen LogP contribution in [0.1, 0.15) is 52.7 Å². The van der Waals surface area contributed by atoms with Crippen LogP contribution < -0.4 is 5.01 Å². The number of phenolic OH excluding ortho intramolecular Hbond substituents is 2. The van der Waals surface area contributed by atoms with Crippen molar-refractivity contribution in [2.45, 2.75) is 52.4 Å². The average molecular weight is 557 g/mol. The molecule has 0 radical (unpaired) electrons. The summed E-state index contributed by atoms with van der Waals surface area (Å²) in [6.45, 7) is 12.9. The SMILES string of the molecule is CC(C)(C)c1cc(-c2nn(N(c3ccccc3)c3ccc4cccc(O)c4n3)c3ccccc23)c(O)c(C(C)(C)C)c1. The molecule has 6 aromatic rings. The standard InChI is InChI=1S/C36H36N4O2/c1-35(2,3)24-21-27(34(42)28(22-24)36(4,5)6)33-26-16-10-11-17-29(26)40(38-33)39(25-14-8-7-9-15-25)31-20-19-23-13-12-18-30(41)32(23)37-31/h7-22,41-42H,1-6H3. The molecule has 0 spiro atoms. The van der Waals surface area contributed by atoms with E-state index < -0.39 is 0 Å². The number of nitrogens with zero attached hydrogens (tertiary/aromatic N) is 4. The number of phenols is 2. The van der Waals surface area contributed by atoms with E-state index in [9.17, 15) is 10.2 Å². The van der Waals surface area contributed by atoms with E-state index in [0.29, 0.717) is 22.6 Å². The van der Waals surface area contributed by atoms with Crippen LogP contribution in [0.2, 0.25) is 0 Å². The predicted molar refractivity (Wildman–Crippen MR) is 172 cm³/mol. The van der Waals surface area contributed by atoms with Crippen LogP contribution in [0.25, 0.3) is 33.1 Å². The number of pyridine rings is 1. The summed E-state index contributed by atoms with van der Waals surface area (Å²) in [6.07, 6.45) is 0. The fourth-order valence-corrected chi connectivity index (χ4v) is 5.37. The molecule has 0 bridgehead atoms. The van der Waals surface area contributed by atoms with Gasteiger partial charge in [-0.15, -0.1) is 0 Å². The van der Waals surface area contributed by atoms with Gasteiger partial charge < -0.3 is 10.2 Å². The molecule has 4 aromatic carbocycles. The van der Waals surface area contributed by atoms with Crippen LogP contribution in [-0.4, -0.2) is 25.1 Å². The molecule has 2 aromatic heterocycles. The Morgan fingerprint density at radius 1 is 0.714 bits per heavy atom. The lowest BCUT2D eigenvalue weighted by Crippen LogP contribution is -2.26. The number of anilines is 2. The van der Waals surface area contributed by atoms with Gasteiger partial charge in [-0.2, -0.15) is 9.89 Å². The van der Waals surface area contributed by atoms with Crippen LogP contribution in [0.4, 0.5) is 11.5 Å². The highest BCUT2D eigenvalue weighted by molar-refractivity contribution is 5.96. The van der Waals surface area contributed by atoms with Gasteiger partial charge in [-0.3, -0.25) is 0 Å². The van der Waals surface area contributed by atoms with Crippen molar-refractivity contribution in [1.29, 1.82) is 0 Å². The fraction of sp³-hybridized carbons (Fsp3) is 0.222. The summed E-state index contributed by atoms with van der Waals surface area (Å²) in [5.74, 6) is 0.955. The molecule has 0 saturated carbocycles. The van der Waals surface area contributed by atoms with Gasteiger partial charge in [0.05, 0.1) is 11.2 Å². The maximum absolute atomic E-state index is 11.8. The molecule has 212 valence electrons. The minimum Gasteiger partial charge on any atom is -0.507 e. The topological polar surface area (TPSA) is 74.4 Å². The molecule has 0 aliphatic rings. The maximum atomic E-state index is 11.8. The van der Waals surface area contributed by atoms with E-state index >= 15 is 0 Å². The Bertz CT molecular complexity index is 1930. The smallest absolute Gasteiger partial charge is 0.154 e. The average Bonchev–Trinajstić information content (AvgIpc) is 3.32. The Balaban J connectivity index is 1.66. The van der Waals surface area contributed by atoms with Crippen molar-refractivity contribution in [1.82, 2.24) is 14.9 Å². The van der Waals surface area contributed by atoms with E-state index in [2.05, 4.69) is 53.7 Å². The zero-order valence-corrected chi connectivity index (χ0v) is 24.9. The van der Waals surface area contributed by atoms with Gasteiger partial charge in [0.15, 0.2) is 5.82 Å². The Hall–Kier alpha value is -4.84. The number of benzene rings is 4. The molecule has 6 heteroatoms. The highest BCUT2D eigenvalue weighted by atomic mass is 16.3. The lowest BCUT2D eigenvalue weighted by molar-refractivity contribution is 0.446. The van der Waals surface area contributed by atoms with Gasteiger partial charge >= 0.3 is 0 Å². The zero-order valence-electron chi connectivity index (χ0n) is 24.9. The van der Waals surface area contributed by atoms with Crippen LogP contribution >= 0.6 is 0 Å². The third-order valence-corrected chi connectivity index (χ3v) is 7.70. The van der Waals surface area contributed by atoms with Gasteiger partial charge in [-0.25, -0.2) is 9.99 Å². The molecule has 0 unspecified atom stereocenters. The minimum absolute atomic E-state index is 0.118. The summed E-state index contributed by atoms with van der Waals surface area (Å²) in [4.78, 5) is 6.73. The normalized spacial score (nSPS) is 12.2. The van der Waals surface area contributed by atoms with Crippen molar-refractivity contribution in [3.05, 3.63) is 108 Å². The van der Waals surface area contributed by atoms with E-state index in [0.717, 1.165) is 33.1 Å². The third kappa shape index (κ3) is 4.73. The van der Waals surface area contributed by atoms with Crippen molar-refractivity contribution < 1.29 is 10.2 Å². The van der Waals surface area contributed by atoms with Crippen molar-refractivity contribution in [3.63, 3.8) is 0 Å². The summed E-state index contributed by atoms with van der Waals surface area (Å²) in [5, 5.41) is 31.3. The van der Waals surface area contributed by atoms with Crippen molar-refractivity contribution in [3.8, 4) is 22.8 Å². The highest BCUT2D eigenvalue weighted by Gasteiger charge is 2.28. The summed E-state index contributed by atoms with van der Waals surface area (Å²) in [7, 11) is 0. The molecule has 0 saturated heterocycles. The Morgan fingerprint density at radius 2 is 1.43 bits per heavy atom. The third-order valence-electron chi connectivity index (χ3n) is 7.70. The summed E-state index contributed by atoms with van der Waals surface area (Å²) >= 11 is 0. The molecule has 2 heterocycles. The number of hydrogen-bond acceptors (Lipinski definition) is 5. The van der Waals surface area contributed by atoms with Gasteiger partial charge in [0.25, 0.3) is 0 Å². The second-order valence-corrected chi connectivity index (χ2v) is 12.8. The van der Waals surface area contributed by atoms with Gasteiger partial charge in [0.1, 0.15) is 22.7 Å². The van der Waals surface area contributed by atoms with Crippen LogP contribution in [0.5, 0.6) is 11.5 Å². The van der Waals surface area contributed by atoms with Crippen molar-refractivity contribution >= 4 is 33.3 Å². The minimum atomic E-state index is -0.272. The zero-order chi connectivity index (χ0) is 29.8. The first-order chi connectivity index (χ1) is 19.9. The van der Waals surface area contributed by atoms with E-state index in [4.69, 9.17) is 10.1 Å². The van der Waals surface area contributed by atoms with E-state index in [-0.39, 0.29) is 22.3 Å². The summed E-state index contributed by atoms with van der Waals surface area (Å²) in [6, 6.07) is 31.4. The molecule has 42 heavy (non-hydrogen) atoms. The molecule has 0 atom stereocenters. The van der Waals surface area contributed by atoms with Crippen LogP contribution in [0.3, 0.4) is 0 Å². The highest BCUT2D eigenvalue weighted by Crippen LogP contribution is 2.44. The first kappa shape index (κ1) is 27.3. The van der Waals surface area contributed by atoms with Gasteiger partial charge in [0.2, 0.25) is 0 Å². The molecular weight excluding hydrogens is 520 g/mol. The van der Waals surface area contributed by atoms with Gasteiger partial charge in [-0.1, -0.05) is 96.1 Å². The van der Waals surface area contributed by atoms with Crippen molar-refractivity contribution in [2.75, 3.05) is 5.01 Å². The van der Waals surface area contributed by atoms with Gasteiger partial charge in [0, 0.05) is 21.9 Å². The van der Waals surface area contributed by atoms with Crippen LogP contribution in [0.15, 0.2) is 97.1 Å². The number of rotatable bonds is 4. The molecule has 6 nitrogen and oxygen atoms in total. The Labute approximate surface area is 246 Å². The molecule has 0 aliphatic heterocycles. The molecule has 0 amide bonds. The number of aromatic hydroxyl groups is 2. The summed E-state index contributed by atoms with van der Waals surface area (Å²) < 4.78 is 0. The van der Waals surface area contributed by atoms with E-state index in [1.807, 2.05) is 88.7 Å². The number of hydrogen-bond donors (Lipinski definition) is 2. The number of fused-ring (bicyclic) bond motifs is 2. The molecule has 0 fully saturated rings. The Morgan fingerprint density at radius 3 is 2.14 bits per heavy atom. The van der Waals surface area contributed by atoms with Crippen LogP contribution in [-0.2, 0) is 10.8 Å². The lowest BCUT2D eigenvalue weighted by Gasteiger charge is -2.27. The first-order valence-corrected chi connectivity index (χ1v) is 14.2. The van der Waals surface area contributed by atoms with Crippen molar-refractivity contribution in [2.24, 2.45) is 0 Å². The Kier molecular flexibility index (Phi) is 6.45. The first-order valence-electron chi connectivity index (χ1n) is 14.2. The second kappa shape index (κ2) is 9.91. The molecule has 0 aliphatic carbocycles. The van der Waals surface area contributed by atoms with Gasteiger partial charge in [-0.05, 0) is 58.9 Å². The quantitative estimate of drug-likeness (QED) is 0.227. The number of para-hydroxylation sites is 3.